The first-order valence-electron chi connectivity index (χ1n) is 10.5. The molecule has 0 aromatic heterocycles. The van der Waals surface area contributed by atoms with Crippen molar-refractivity contribution in [3.63, 3.8) is 0 Å². The Balaban J connectivity index is 1.74. The third kappa shape index (κ3) is 5.52. The lowest BCUT2D eigenvalue weighted by atomic mass is 9.85. The van der Waals surface area contributed by atoms with E-state index in [9.17, 15) is 23.9 Å². The first-order valence-corrected chi connectivity index (χ1v) is 10.5. The number of carbonyl (C=O) groups excluding carboxylic acids is 2. The Morgan fingerprint density at radius 3 is 2.03 bits per heavy atom. The minimum Gasteiger partial charge on any atom is -0.481 e. The molecule has 0 aliphatic rings. The molecule has 3 aromatic rings. The zero-order valence-electron chi connectivity index (χ0n) is 19.0. The van der Waals surface area contributed by atoms with E-state index in [0.717, 1.165) is 11.1 Å². The van der Waals surface area contributed by atoms with Crippen LogP contribution in [-0.2, 0) is 4.79 Å². The van der Waals surface area contributed by atoms with E-state index in [2.05, 4.69) is 5.32 Å². The van der Waals surface area contributed by atoms with Crippen LogP contribution in [0.1, 0.15) is 52.1 Å². The molecule has 170 valence electrons. The molecule has 2 N–H and O–H groups in total. The highest BCUT2D eigenvalue weighted by atomic mass is 19.1. The summed E-state index contributed by atoms with van der Waals surface area (Å²) in [5.41, 5.74) is 3.09. The predicted molar refractivity (Wildman–Crippen MR) is 126 cm³/mol. The first-order chi connectivity index (χ1) is 15.5. The maximum absolute atomic E-state index is 14.7. The van der Waals surface area contributed by atoms with E-state index in [1.807, 2.05) is 19.9 Å². The summed E-state index contributed by atoms with van der Waals surface area (Å²) < 4.78 is 14.7. The van der Waals surface area contributed by atoms with Gasteiger partial charge in [0.15, 0.2) is 5.78 Å². The molecule has 5 nitrogen and oxygen atoms in total. The van der Waals surface area contributed by atoms with Crippen molar-refractivity contribution in [1.82, 2.24) is 0 Å². The van der Waals surface area contributed by atoms with Crippen molar-refractivity contribution in [1.29, 1.82) is 0 Å². The van der Waals surface area contributed by atoms with Crippen LogP contribution < -0.4 is 5.32 Å². The topological polar surface area (TPSA) is 83.5 Å². The third-order valence-electron chi connectivity index (χ3n) is 5.71. The number of amides is 1. The van der Waals surface area contributed by atoms with Crippen molar-refractivity contribution < 1.29 is 23.9 Å². The number of hydrogen-bond acceptors (Lipinski definition) is 3. The van der Waals surface area contributed by atoms with Gasteiger partial charge in [-0.05, 0) is 74.2 Å². The van der Waals surface area contributed by atoms with E-state index >= 15 is 0 Å². The molecule has 0 atom stereocenters. The minimum absolute atomic E-state index is 0.0738. The normalized spacial score (nSPS) is 11.2. The van der Waals surface area contributed by atoms with Crippen LogP contribution in [0.15, 0.2) is 60.7 Å². The molecule has 0 heterocycles. The number of Topliss-reactive ketones (excluding diaryl/α,β-unsaturated/α-hetero) is 1. The number of aliphatic carboxylic acids is 1. The number of anilines is 1. The molecule has 0 saturated heterocycles. The summed E-state index contributed by atoms with van der Waals surface area (Å²) in [7, 11) is 0. The van der Waals surface area contributed by atoms with Crippen molar-refractivity contribution in [2.45, 2.75) is 34.1 Å². The van der Waals surface area contributed by atoms with E-state index in [1.54, 1.807) is 42.5 Å². The van der Waals surface area contributed by atoms with Gasteiger partial charge < -0.3 is 10.4 Å². The second-order valence-electron chi connectivity index (χ2n) is 8.81. The number of carboxylic acid groups (broad SMARTS) is 1. The third-order valence-corrected chi connectivity index (χ3v) is 5.71. The highest BCUT2D eigenvalue weighted by molar-refractivity contribution is 6.04. The maximum atomic E-state index is 14.7. The van der Waals surface area contributed by atoms with E-state index in [0.29, 0.717) is 22.3 Å². The number of halogens is 1. The summed E-state index contributed by atoms with van der Waals surface area (Å²) in [4.78, 5) is 36.1. The molecule has 33 heavy (non-hydrogen) atoms. The summed E-state index contributed by atoms with van der Waals surface area (Å²) >= 11 is 0. The van der Waals surface area contributed by atoms with Crippen LogP contribution in [0.3, 0.4) is 0 Å². The van der Waals surface area contributed by atoms with Crippen molar-refractivity contribution in [2.75, 3.05) is 5.32 Å². The second kappa shape index (κ2) is 9.36. The number of ketones is 1. The molecule has 0 radical (unpaired) electrons. The van der Waals surface area contributed by atoms with Crippen LogP contribution in [0, 0.1) is 25.1 Å². The number of carboxylic acids is 1. The quantitative estimate of drug-likeness (QED) is 0.432. The van der Waals surface area contributed by atoms with Crippen molar-refractivity contribution >= 4 is 23.3 Å². The van der Waals surface area contributed by atoms with Gasteiger partial charge in [0, 0.05) is 17.5 Å². The van der Waals surface area contributed by atoms with Gasteiger partial charge in [0.2, 0.25) is 0 Å². The number of rotatable bonds is 7. The lowest BCUT2D eigenvalue weighted by Crippen LogP contribution is -2.26. The Hall–Kier alpha value is -3.80. The number of aryl methyl sites for hydroxylation is 2. The Labute approximate surface area is 192 Å². The van der Waals surface area contributed by atoms with Crippen molar-refractivity contribution in [2.24, 2.45) is 5.41 Å². The van der Waals surface area contributed by atoms with Crippen molar-refractivity contribution in [3.05, 3.63) is 88.7 Å². The van der Waals surface area contributed by atoms with Crippen molar-refractivity contribution in [3.8, 4) is 11.1 Å². The molecular weight excluding hydrogens is 421 g/mol. The minimum atomic E-state index is -1.16. The molecule has 0 bridgehead atoms. The lowest BCUT2D eigenvalue weighted by Gasteiger charge is -2.17. The summed E-state index contributed by atoms with van der Waals surface area (Å²) in [6.45, 7) is 6.87. The van der Waals surface area contributed by atoms with Gasteiger partial charge in [0.1, 0.15) is 5.82 Å². The summed E-state index contributed by atoms with van der Waals surface area (Å²) in [5.74, 6) is -2.28. The number of benzene rings is 3. The molecule has 1 amide bonds. The van der Waals surface area contributed by atoms with Gasteiger partial charge >= 0.3 is 5.97 Å². The van der Waals surface area contributed by atoms with Crippen LogP contribution in [0.4, 0.5) is 10.1 Å². The number of carbonyl (C=O) groups is 3. The second-order valence-corrected chi connectivity index (χ2v) is 8.81. The van der Waals surface area contributed by atoms with Gasteiger partial charge in [0.05, 0.1) is 11.1 Å². The zero-order chi connectivity index (χ0) is 24.3. The zero-order valence-corrected chi connectivity index (χ0v) is 19.0. The predicted octanol–water partition coefficient (Wildman–Crippen LogP) is 6.05. The molecule has 3 aromatic carbocycles. The first kappa shape index (κ1) is 23.9. The summed E-state index contributed by atoms with van der Waals surface area (Å²) in [6, 6.07) is 16.4. The van der Waals surface area contributed by atoms with Gasteiger partial charge in [-0.25, -0.2) is 4.39 Å². The molecule has 0 saturated carbocycles. The van der Waals surface area contributed by atoms with Gasteiger partial charge in [-0.15, -0.1) is 0 Å². The van der Waals surface area contributed by atoms with E-state index in [-0.39, 0.29) is 17.9 Å². The highest BCUT2D eigenvalue weighted by Gasteiger charge is 2.30. The van der Waals surface area contributed by atoms with Gasteiger partial charge in [-0.3, -0.25) is 14.4 Å². The molecule has 0 aliphatic heterocycles. The number of hydrogen-bond donors (Lipinski definition) is 2. The smallest absolute Gasteiger partial charge is 0.309 e. The van der Waals surface area contributed by atoms with Crippen LogP contribution in [0.25, 0.3) is 11.1 Å². The Morgan fingerprint density at radius 1 is 0.848 bits per heavy atom. The molecule has 3 rings (SSSR count). The molecule has 0 fully saturated rings. The Bertz CT molecular complexity index is 1230. The molecule has 6 heteroatoms. The SMILES string of the molecule is Cc1ccc(C(=O)Nc2ccc(-c3ccc(C(=O)CC(C)(C)C(=O)O)cc3)cc2F)cc1C. The van der Waals surface area contributed by atoms with Gasteiger partial charge in [-0.2, -0.15) is 0 Å². The Morgan fingerprint density at radius 2 is 1.45 bits per heavy atom. The number of nitrogens with one attached hydrogen (secondary N) is 1. The Kier molecular flexibility index (Phi) is 6.77. The van der Waals surface area contributed by atoms with Gasteiger partial charge in [0.25, 0.3) is 5.91 Å². The van der Waals surface area contributed by atoms with E-state index in [4.69, 9.17) is 0 Å². The van der Waals surface area contributed by atoms with Crippen LogP contribution >= 0.6 is 0 Å². The monoisotopic (exact) mass is 447 g/mol. The highest BCUT2D eigenvalue weighted by Crippen LogP contribution is 2.27. The molecule has 0 aliphatic carbocycles. The molecule has 0 spiro atoms. The largest absolute Gasteiger partial charge is 0.481 e. The van der Waals surface area contributed by atoms with E-state index in [1.165, 1.54) is 26.0 Å². The fraction of sp³-hybridized carbons (Fsp3) is 0.222. The lowest BCUT2D eigenvalue weighted by molar-refractivity contribution is -0.146. The standard InChI is InChI=1S/C27H26FNO4/c1-16-5-6-21(13-17(16)2)25(31)29-23-12-11-20(14-22(23)28)18-7-9-19(10-8-18)24(30)15-27(3,4)26(32)33/h5-14H,15H2,1-4H3,(H,29,31)(H,32,33). The maximum Gasteiger partial charge on any atom is 0.309 e. The summed E-state index contributed by atoms with van der Waals surface area (Å²) in [5, 5.41) is 11.8. The van der Waals surface area contributed by atoms with Crippen LogP contribution in [-0.4, -0.2) is 22.8 Å². The summed E-state index contributed by atoms with van der Waals surface area (Å²) in [6.07, 6.45) is -0.120. The average Bonchev–Trinajstić information content (AvgIpc) is 2.76. The van der Waals surface area contributed by atoms with E-state index < -0.39 is 23.1 Å². The fourth-order valence-corrected chi connectivity index (χ4v) is 3.30. The van der Waals surface area contributed by atoms with Crippen LogP contribution in [0.5, 0.6) is 0 Å². The fourth-order valence-electron chi connectivity index (χ4n) is 3.30. The van der Waals surface area contributed by atoms with Gasteiger partial charge in [-0.1, -0.05) is 36.4 Å². The van der Waals surface area contributed by atoms with Crippen LogP contribution in [0.2, 0.25) is 0 Å². The molecular formula is C27H26FNO4. The average molecular weight is 448 g/mol. The molecule has 0 unspecified atom stereocenters.